The number of rotatable bonds is 6. The fourth-order valence-electron chi connectivity index (χ4n) is 2.65. The predicted octanol–water partition coefficient (Wildman–Crippen LogP) is 2.16. The summed E-state index contributed by atoms with van der Waals surface area (Å²) < 4.78 is 37.5. The molecule has 1 aliphatic rings. The van der Waals surface area contributed by atoms with E-state index in [9.17, 15) is 13.2 Å². The van der Waals surface area contributed by atoms with Crippen molar-refractivity contribution in [3.8, 4) is 5.75 Å². The Morgan fingerprint density at radius 1 is 1.26 bits per heavy atom. The van der Waals surface area contributed by atoms with Crippen molar-refractivity contribution in [3.63, 3.8) is 0 Å². The molecule has 0 saturated heterocycles. The number of esters is 1. The van der Waals surface area contributed by atoms with Gasteiger partial charge in [-0.3, -0.25) is 0 Å². The molecule has 1 N–H and O–H groups in total. The van der Waals surface area contributed by atoms with Gasteiger partial charge in [0.2, 0.25) is 10.0 Å². The number of carbonyl (C=O) groups is 1. The van der Waals surface area contributed by atoms with Gasteiger partial charge in [-0.15, -0.1) is 0 Å². The molecule has 7 heteroatoms. The monoisotopic (exact) mass is 341 g/mol. The Morgan fingerprint density at radius 3 is 2.57 bits per heavy atom. The Labute approximate surface area is 137 Å². The molecule has 0 atom stereocenters. The Bertz CT molecular complexity index is 650. The highest BCUT2D eigenvalue weighted by Crippen LogP contribution is 2.24. The molecule has 2 rings (SSSR count). The van der Waals surface area contributed by atoms with E-state index in [0.29, 0.717) is 11.3 Å². The minimum absolute atomic E-state index is 0.0179. The van der Waals surface area contributed by atoms with Crippen molar-refractivity contribution in [2.45, 2.75) is 50.0 Å². The average molecular weight is 341 g/mol. The second kappa shape index (κ2) is 7.79. The maximum atomic E-state index is 12.5. The minimum atomic E-state index is -3.53. The lowest BCUT2D eigenvalue weighted by atomic mass is 9.96. The molecule has 0 unspecified atom stereocenters. The zero-order chi connectivity index (χ0) is 16.9. The molecule has 0 radical (unpaired) electrons. The van der Waals surface area contributed by atoms with Crippen LogP contribution in [0.5, 0.6) is 5.75 Å². The first-order chi connectivity index (χ1) is 10.9. The lowest BCUT2D eigenvalue weighted by Crippen LogP contribution is -2.36. The largest absolute Gasteiger partial charge is 0.482 e. The van der Waals surface area contributed by atoms with Crippen LogP contribution in [0.25, 0.3) is 0 Å². The Balaban J connectivity index is 2.07. The van der Waals surface area contributed by atoms with Gasteiger partial charge in [-0.25, -0.2) is 17.9 Å². The lowest BCUT2D eigenvalue weighted by molar-refractivity contribution is -0.142. The highest BCUT2D eigenvalue weighted by molar-refractivity contribution is 7.89. The van der Waals surface area contributed by atoms with Crippen LogP contribution in [0, 0.1) is 6.92 Å². The van der Waals surface area contributed by atoms with Gasteiger partial charge in [0.25, 0.3) is 0 Å². The summed E-state index contributed by atoms with van der Waals surface area (Å²) in [5.74, 6) is -0.0212. The number of methoxy groups -OCH3 is 1. The summed E-state index contributed by atoms with van der Waals surface area (Å²) in [6.07, 6.45) is 5.07. The number of nitrogens with one attached hydrogen (secondary N) is 1. The second-order valence-electron chi connectivity index (χ2n) is 5.75. The van der Waals surface area contributed by atoms with E-state index < -0.39 is 16.0 Å². The van der Waals surface area contributed by atoms with Crippen LogP contribution in [-0.4, -0.2) is 34.1 Å². The molecular formula is C16H23NO5S. The number of benzene rings is 1. The number of hydrogen-bond acceptors (Lipinski definition) is 5. The average Bonchev–Trinajstić information content (AvgIpc) is 2.53. The molecule has 0 spiro atoms. The Kier molecular flexibility index (Phi) is 6.01. The molecule has 0 bridgehead atoms. The maximum absolute atomic E-state index is 12.5. The van der Waals surface area contributed by atoms with Gasteiger partial charge in [0.1, 0.15) is 5.75 Å². The molecule has 0 amide bonds. The number of sulfonamides is 1. The van der Waals surface area contributed by atoms with E-state index in [1.807, 2.05) is 0 Å². The quantitative estimate of drug-likeness (QED) is 0.802. The molecular weight excluding hydrogens is 318 g/mol. The third-order valence-electron chi connectivity index (χ3n) is 3.96. The van der Waals surface area contributed by atoms with Gasteiger partial charge in [0, 0.05) is 6.04 Å². The normalized spacial score (nSPS) is 16.1. The number of aryl methyl sites for hydroxylation is 1. The summed E-state index contributed by atoms with van der Waals surface area (Å²) in [4.78, 5) is 11.3. The molecule has 6 nitrogen and oxygen atoms in total. The van der Waals surface area contributed by atoms with Crippen LogP contribution in [0.2, 0.25) is 0 Å². The SMILES string of the molecule is COC(=O)COc1ccc(S(=O)(=O)NC2CCCCC2)cc1C. The predicted molar refractivity (Wildman–Crippen MR) is 85.9 cm³/mol. The number of carbonyl (C=O) groups excluding carboxylic acids is 1. The van der Waals surface area contributed by atoms with Gasteiger partial charge in [0.05, 0.1) is 12.0 Å². The van der Waals surface area contributed by atoms with Crippen molar-refractivity contribution < 1.29 is 22.7 Å². The first kappa shape index (κ1) is 17.7. The van der Waals surface area contributed by atoms with E-state index in [2.05, 4.69) is 9.46 Å². The van der Waals surface area contributed by atoms with Gasteiger partial charge >= 0.3 is 5.97 Å². The molecule has 128 valence electrons. The summed E-state index contributed by atoms with van der Waals surface area (Å²) in [7, 11) is -2.25. The van der Waals surface area contributed by atoms with E-state index in [1.165, 1.54) is 19.6 Å². The van der Waals surface area contributed by atoms with Gasteiger partial charge in [-0.2, -0.15) is 0 Å². The first-order valence-electron chi connectivity index (χ1n) is 7.75. The lowest BCUT2D eigenvalue weighted by Gasteiger charge is -2.22. The van der Waals surface area contributed by atoms with Crippen molar-refractivity contribution in [1.29, 1.82) is 0 Å². The Hall–Kier alpha value is -1.60. The maximum Gasteiger partial charge on any atom is 0.343 e. The van der Waals surface area contributed by atoms with Gasteiger partial charge < -0.3 is 9.47 Å². The van der Waals surface area contributed by atoms with E-state index in [1.54, 1.807) is 19.1 Å². The zero-order valence-electron chi connectivity index (χ0n) is 13.5. The van der Waals surface area contributed by atoms with Crippen LogP contribution < -0.4 is 9.46 Å². The molecule has 1 aliphatic carbocycles. The van der Waals surface area contributed by atoms with Crippen LogP contribution in [-0.2, 0) is 19.6 Å². The molecule has 0 aromatic heterocycles. The van der Waals surface area contributed by atoms with Gasteiger partial charge in [0.15, 0.2) is 6.61 Å². The van der Waals surface area contributed by atoms with Gasteiger partial charge in [-0.05, 0) is 43.5 Å². The van der Waals surface area contributed by atoms with Crippen molar-refractivity contribution in [2.24, 2.45) is 0 Å². The second-order valence-corrected chi connectivity index (χ2v) is 7.46. The van der Waals surface area contributed by atoms with Crippen LogP contribution in [0.3, 0.4) is 0 Å². The van der Waals surface area contributed by atoms with E-state index in [0.717, 1.165) is 25.7 Å². The van der Waals surface area contributed by atoms with Crippen LogP contribution in [0.4, 0.5) is 0 Å². The number of hydrogen-bond donors (Lipinski definition) is 1. The smallest absolute Gasteiger partial charge is 0.343 e. The number of ether oxygens (including phenoxy) is 2. The molecule has 1 fully saturated rings. The van der Waals surface area contributed by atoms with Gasteiger partial charge in [-0.1, -0.05) is 19.3 Å². The molecule has 23 heavy (non-hydrogen) atoms. The fraction of sp³-hybridized carbons (Fsp3) is 0.562. The summed E-state index contributed by atoms with van der Waals surface area (Å²) in [6, 6.07) is 4.63. The third kappa shape index (κ3) is 4.94. The summed E-state index contributed by atoms with van der Waals surface area (Å²) >= 11 is 0. The molecule has 1 aromatic rings. The highest BCUT2D eigenvalue weighted by Gasteiger charge is 2.22. The first-order valence-corrected chi connectivity index (χ1v) is 9.23. The van der Waals surface area contributed by atoms with Crippen molar-refractivity contribution in [3.05, 3.63) is 23.8 Å². The topological polar surface area (TPSA) is 81.7 Å². The summed E-state index contributed by atoms with van der Waals surface area (Å²) in [5, 5.41) is 0. The highest BCUT2D eigenvalue weighted by atomic mass is 32.2. The third-order valence-corrected chi connectivity index (χ3v) is 5.48. The fourth-order valence-corrected chi connectivity index (χ4v) is 4.04. The summed E-state index contributed by atoms with van der Waals surface area (Å²) in [5.41, 5.74) is 0.653. The van der Waals surface area contributed by atoms with E-state index in [4.69, 9.17) is 4.74 Å². The van der Waals surface area contributed by atoms with Crippen LogP contribution in [0.1, 0.15) is 37.7 Å². The van der Waals surface area contributed by atoms with Crippen LogP contribution >= 0.6 is 0 Å². The minimum Gasteiger partial charge on any atom is -0.482 e. The van der Waals surface area contributed by atoms with Crippen molar-refractivity contribution in [2.75, 3.05) is 13.7 Å². The summed E-state index contributed by atoms with van der Waals surface area (Å²) in [6.45, 7) is 1.54. The standard InChI is InChI=1S/C16H23NO5S/c1-12-10-14(8-9-15(12)22-11-16(18)21-2)23(19,20)17-13-6-4-3-5-7-13/h8-10,13,17H,3-7,11H2,1-2H3. The molecule has 1 aromatic carbocycles. The molecule has 0 aliphatic heterocycles. The van der Waals surface area contributed by atoms with Crippen LogP contribution in [0.15, 0.2) is 23.1 Å². The Morgan fingerprint density at radius 2 is 1.96 bits per heavy atom. The molecule has 1 saturated carbocycles. The molecule has 0 heterocycles. The zero-order valence-corrected chi connectivity index (χ0v) is 14.3. The van der Waals surface area contributed by atoms with E-state index >= 15 is 0 Å². The van der Waals surface area contributed by atoms with Crippen molar-refractivity contribution in [1.82, 2.24) is 4.72 Å². The van der Waals surface area contributed by atoms with E-state index in [-0.39, 0.29) is 17.5 Å². The van der Waals surface area contributed by atoms with Crippen molar-refractivity contribution >= 4 is 16.0 Å².